The maximum absolute atomic E-state index is 10.4. The molecule has 1 heterocycles. The van der Waals surface area contributed by atoms with Gasteiger partial charge in [0.1, 0.15) is 0 Å². The molecule has 0 aliphatic heterocycles. The Morgan fingerprint density at radius 3 is 2.60 bits per heavy atom. The summed E-state index contributed by atoms with van der Waals surface area (Å²) in [6.07, 6.45) is 1.47. The van der Waals surface area contributed by atoms with Crippen LogP contribution in [0.2, 0.25) is 0 Å². The lowest BCUT2D eigenvalue weighted by Crippen LogP contribution is -2.14. The van der Waals surface area contributed by atoms with E-state index in [0.717, 1.165) is 4.68 Å². The van der Waals surface area contributed by atoms with E-state index in [4.69, 9.17) is 10.9 Å². The van der Waals surface area contributed by atoms with Crippen molar-refractivity contribution in [2.45, 2.75) is 0 Å². The molecule has 0 unspecified atom stereocenters. The second-order valence-corrected chi connectivity index (χ2v) is 2.58. The van der Waals surface area contributed by atoms with Gasteiger partial charge in [-0.1, -0.05) is 0 Å². The fourth-order valence-electron chi connectivity index (χ4n) is 0.635. The van der Waals surface area contributed by atoms with E-state index >= 15 is 0 Å². The number of carboxylic acids is 1. The van der Waals surface area contributed by atoms with Gasteiger partial charge in [0.2, 0.25) is 0 Å². The number of carbonyl (C=O) groups is 1. The highest BCUT2D eigenvalue weighted by Gasteiger charge is 2.11. The van der Waals surface area contributed by atoms with Gasteiger partial charge in [-0.25, -0.2) is 4.79 Å². The Hall–Kier alpha value is -0.970. The highest BCUT2D eigenvalue weighted by molar-refractivity contribution is 9.10. The van der Waals surface area contributed by atoms with E-state index in [0.29, 0.717) is 4.47 Å². The SMILES string of the molecule is Nn1ccc(Br)c1C(=O)O. The minimum absolute atomic E-state index is 0.0556. The monoisotopic (exact) mass is 204 g/mol. The first-order chi connectivity index (χ1) is 4.63. The lowest BCUT2D eigenvalue weighted by atomic mass is 10.4. The van der Waals surface area contributed by atoms with Crippen molar-refractivity contribution in [1.82, 2.24) is 4.68 Å². The van der Waals surface area contributed by atoms with Gasteiger partial charge in [0.15, 0.2) is 5.69 Å². The van der Waals surface area contributed by atoms with Crippen LogP contribution in [0.15, 0.2) is 16.7 Å². The number of hydrogen-bond acceptors (Lipinski definition) is 2. The molecule has 5 heteroatoms. The molecule has 4 nitrogen and oxygen atoms in total. The summed E-state index contributed by atoms with van der Waals surface area (Å²) >= 11 is 3.04. The third kappa shape index (κ3) is 0.995. The van der Waals surface area contributed by atoms with Crippen molar-refractivity contribution >= 4 is 21.9 Å². The van der Waals surface area contributed by atoms with Crippen molar-refractivity contribution in [1.29, 1.82) is 0 Å². The maximum atomic E-state index is 10.4. The van der Waals surface area contributed by atoms with Crippen molar-refractivity contribution < 1.29 is 9.90 Å². The van der Waals surface area contributed by atoms with Crippen LogP contribution >= 0.6 is 15.9 Å². The van der Waals surface area contributed by atoms with Gasteiger partial charge in [0, 0.05) is 6.20 Å². The molecule has 0 aliphatic carbocycles. The average molecular weight is 205 g/mol. The molecule has 0 saturated carbocycles. The fraction of sp³-hybridized carbons (Fsp3) is 0. The highest BCUT2D eigenvalue weighted by Crippen LogP contribution is 2.15. The van der Waals surface area contributed by atoms with Crippen LogP contribution in [0.3, 0.4) is 0 Å². The van der Waals surface area contributed by atoms with Gasteiger partial charge < -0.3 is 10.9 Å². The lowest BCUT2D eigenvalue weighted by molar-refractivity contribution is 0.0686. The van der Waals surface area contributed by atoms with Crippen LogP contribution in [0, 0.1) is 0 Å². The fourth-order valence-corrected chi connectivity index (χ4v) is 1.13. The summed E-state index contributed by atoms with van der Waals surface area (Å²) in [4.78, 5) is 10.4. The summed E-state index contributed by atoms with van der Waals surface area (Å²) < 4.78 is 1.54. The second-order valence-electron chi connectivity index (χ2n) is 1.72. The van der Waals surface area contributed by atoms with Crippen LogP contribution in [0.5, 0.6) is 0 Å². The van der Waals surface area contributed by atoms with Crippen molar-refractivity contribution in [3.05, 3.63) is 22.4 Å². The molecule has 0 fully saturated rings. The molecule has 0 saturated heterocycles. The van der Waals surface area contributed by atoms with Crippen LogP contribution in [0.25, 0.3) is 0 Å². The van der Waals surface area contributed by atoms with Crippen molar-refractivity contribution in [2.75, 3.05) is 5.84 Å². The van der Waals surface area contributed by atoms with Gasteiger partial charge in [0.25, 0.3) is 0 Å². The Labute approximate surface area is 65.3 Å². The van der Waals surface area contributed by atoms with Crippen molar-refractivity contribution in [3.63, 3.8) is 0 Å². The van der Waals surface area contributed by atoms with E-state index in [1.165, 1.54) is 6.20 Å². The quantitative estimate of drug-likeness (QED) is 0.661. The summed E-state index contributed by atoms with van der Waals surface area (Å²) in [6, 6.07) is 1.57. The van der Waals surface area contributed by atoms with Gasteiger partial charge in [-0.2, -0.15) is 0 Å². The number of aromatic carboxylic acids is 1. The van der Waals surface area contributed by atoms with E-state index in [-0.39, 0.29) is 5.69 Å². The molecule has 0 aliphatic rings. The average Bonchev–Trinajstić information content (AvgIpc) is 2.11. The molecule has 3 N–H and O–H groups in total. The van der Waals surface area contributed by atoms with E-state index in [1.807, 2.05) is 0 Å². The summed E-state index contributed by atoms with van der Waals surface area (Å²) in [5, 5.41) is 8.50. The van der Waals surface area contributed by atoms with Gasteiger partial charge in [-0.15, -0.1) is 0 Å². The smallest absolute Gasteiger partial charge is 0.355 e. The maximum Gasteiger partial charge on any atom is 0.355 e. The summed E-state index contributed by atoms with van der Waals surface area (Å²) in [7, 11) is 0. The zero-order chi connectivity index (χ0) is 7.72. The van der Waals surface area contributed by atoms with E-state index in [9.17, 15) is 4.79 Å². The predicted molar refractivity (Wildman–Crippen MR) is 39.2 cm³/mol. The summed E-state index contributed by atoms with van der Waals surface area (Å²) in [5.41, 5.74) is 0.0556. The zero-order valence-corrected chi connectivity index (χ0v) is 6.50. The van der Waals surface area contributed by atoms with Crippen LogP contribution in [0.1, 0.15) is 10.5 Å². The molecule has 0 amide bonds. The predicted octanol–water partition coefficient (Wildman–Crippen LogP) is 0.663. The number of hydrogen-bond donors (Lipinski definition) is 2. The molecule has 54 valence electrons. The second kappa shape index (κ2) is 2.34. The van der Waals surface area contributed by atoms with Gasteiger partial charge in [-0.3, -0.25) is 4.68 Å². The molecular weight excluding hydrogens is 200 g/mol. The van der Waals surface area contributed by atoms with E-state index in [1.54, 1.807) is 6.07 Å². The first-order valence-electron chi connectivity index (χ1n) is 2.48. The highest BCUT2D eigenvalue weighted by atomic mass is 79.9. The lowest BCUT2D eigenvalue weighted by Gasteiger charge is -1.95. The van der Waals surface area contributed by atoms with Gasteiger partial charge in [0.05, 0.1) is 4.47 Å². The number of nitrogens with zero attached hydrogens (tertiary/aromatic N) is 1. The number of aromatic nitrogens is 1. The normalized spacial score (nSPS) is 9.70. The number of rotatable bonds is 1. The Balaban J connectivity index is 3.23. The molecule has 0 spiro atoms. The molecule has 0 atom stereocenters. The molecular formula is C5H5BrN2O2. The number of halogens is 1. The van der Waals surface area contributed by atoms with Gasteiger partial charge >= 0.3 is 5.97 Å². The van der Waals surface area contributed by atoms with Gasteiger partial charge in [-0.05, 0) is 22.0 Å². The molecule has 10 heavy (non-hydrogen) atoms. The molecule has 0 radical (unpaired) electrons. The van der Waals surface area contributed by atoms with Crippen LogP contribution < -0.4 is 5.84 Å². The number of carboxylic acid groups (broad SMARTS) is 1. The Bertz CT molecular complexity index is 249. The third-order valence-corrected chi connectivity index (χ3v) is 1.71. The molecule has 1 rings (SSSR count). The largest absolute Gasteiger partial charge is 0.476 e. The zero-order valence-electron chi connectivity index (χ0n) is 4.91. The molecule has 1 aromatic rings. The standard InChI is InChI=1S/C5H5BrN2O2/c6-3-1-2-8(7)4(3)5(9)10/h1-2H,7H2,(H,9,10). The minimum Gasteiger partial charge on any atom is -0.476 e. The molecule has 1 aromatic heterocycles. The molecule has 0 aromatic carbocycles. The Morgan fingerprint density at radius 1 is 1.80 bits per heavy atom. The van der Waals surface area contributed by atoms with Crippen LogP contribution in [0.4, 0.5) is 0 Å². The number of nitrogens with two attached hydrogens (primary N) is 1. The first kappa shape index (κ1) is 7.14. The Morgan fingerprint density at radius 2 is 2.40 bits per heavy atom. The number of nitrogen functional groups attached to an aromatic ring is 1. The topological polar surface area (TPSA) is 68.2 Å². The Kier molecular flexibility index (Phi) is 1.67. The summed E-state index contributed by atoms with van der Waals surface area (Å²) in [6.45, 7) is 0. The summed E-state index contributed by atoms with van der Waals surface area (Å²) in [5.74, 6) is 4.21. The molecule has 0 bridgehead atoms. The van der Waals surface area contributed by atoms with Crippen LogP contribution in [-0.4, -0.2) is 15.8 Å². The van der Waals surface area contributed by atoms with Crippen LogP contribution in [-0.2, 0) is 0 Å². The van der Waals surface area contributed by atoms with Crippen molar-refractivity contribution in [2.24, 2.45) is 0 Å². The van der Waals surface area contributed by atoms with E-state index in [2.05, 4.69) is 15.9 Å². The first-order valence-corrected chi connectivity index (χ1v) is 3.27. The minimum atomic E-state index is -1.04. The third-order valence-electron chi connectivity index (χ3n) is 1.07. The van der Waals surface area contributed by atoms with E-state index < -0.39 is 5.97 Å². The van der Waals surface area contributed by atoms with Crippen molar-refractivity contribution in [3.8, 4) is 0 Å².